The van der Waals surface area contributed by atoms with Gasteiger partial charge in [0.1, 0.15) is 4.90 Å². The first-order valence-electron chi connectivity index (χ1n) is 5.77. The second-order valence-corrected chi connectivity index (χ2v) is 8.93. The highest BCUT2D eigenvalue weighted by Gasteiger charge is 2.30. The summed E-state index contributed by atoms with van der Waals surface area (Å²) in [5.74, 6) is -0.998. The van der Waals surface area contributed by atoms with Gasteiger partial charge in [-0.05, 0) is 27.4 Å². The van der Waals surface area contributed by atoms with Crippen LogP contribution in [0.1, 0.15) is 20.8 Å². The molecule has 0 aliphatic heterocycles. The molecule has 0 amide bonds. The number of benzene rings is 1. The lowest BCUT2D eigenvalue weighted by molar-refractivity contribution is 0.310. The molecule has 0 aliphatic carbocycles. The Balaban J connectivity index is 3.37. The molecule has 4 nitrogen and oxygen atoms in total. The zero-order chi connectivity index (χ0) is 15.9. The van der Waals surface area contributed by atoms with Crippen molar-refractivity contribution in [2.75, 3.05) is 19.3 Å². The van der Waals surface area contributed by atoms with Crippen molar-refractivity contribution >= 4 is 43.2 Å². The van der Waals surface area contributed by atoms with Gasteiger partial charge in [0.2, 0.25) is 10.0 Å². The van der Waals surface area contributed by atoms with Gasteiger partial charge in [0.25, 0.3) is 0 Å². The fourth-order valence-corrected chi connectivity index (χ4v) is 3.77. The Hall–Kier alpha value is -0.370. The molecule has 0 aliphatic rings. The van der Waals surface area contributed by atoms with Gasteiger partial charge in [-0.25, -0.2) is 17.1 Å². The third kappa shape index (κ3) is 3.63. The molecule has 1 rings (SSSR count). The van der Waals surface area contributed by atoms with Crippen molar-refractivity contribution in [3.05, 3.63) is 21.4 Å². The highest BCUT2D eigenvalue weighted by atomic mass is 79.9. The minimum atomic E-state index is -3.99. The summed E-state index contributed by atoms with van der Waals surface area (Å²) >= 11 is 8.87. The molecule has 114 valence electrons. The normalized spacial score (nSPS) is 13.0. The molecule has 0 fully saturated rings. The minimum absolute atomic E-state index is 0.0478. The third-order valence-electron chi connectivity index (χ3n) is 2.54. The van der Waals surface area contributed by atoms with E-state index in [1.165, 1.54) is 7.05 Å². The maximum atomic E-state index is 14.1. The molecule has 20 heavy (non-hydrogen) atoms. The van der Waals surface area contributed by atoms with E-state index in [-0.39, 0.29) is 27.1 Å². The maximum Gasteiger partial charge on any atom is 0.245 e. The van der Waals surface area contributed by atoms with E-state index in [4.69, 9.17) is 17.3 Å². The lowest BCUT2D eigenvalue weighted by Crippen LogP contribution is -2.35. The number of hydrogen-bond acceptors (Lipinski definition) is 3. The first-order chi connectivity index (χ1) is 8.88. The van der Waals surface area contributed by atoms with Gasteiger partial charge in [0.05, 0.1) is 15.2 Å². The van der Waals surface area contributed by atoms with Crippen LogP contribution in [0.25, 0.3) is 0 Å². The van der Waals surface area contributed by atoms with Crippen LogP contribution in [0.15, 0.2) is 15.4 Å². The summed E-state index contributed by atoms with van der Waals surface area (Å²) < 4.78 is 40.2. The third-order valence-corrected chi connectivity index (χ3v) is 5.73. The number of rotatable bonds is 3. The predicted octanol–water partition coefficient (Wildman–Crippen LogP) is 3.49. The molecule has 0 heterocycles. The second kappa shape index (κ2) is 5.79. The highest BCUT2D eigenvalue weighted by molar-refractivity contribution is 9.10. The summed E-state index contributed by atoms with van der Waals surface area (Å²) in [6.07, 6.45) is 0. The van der Waals surface area contributed by atoms with E-state index in [0.29, 0.717) is 0 Å². The van der Waals surface area contributed by atoms with Crippen LogP contribution in [-0.2, 0) is 10.0 Å². The first-order valence-corrected chi connectivity index (χ1v) is 8.38. The Labute approximate surface area is 132 Å². The largest absolute Gasteiger partial charge is 0.395 e. The Bertz CT molecular complexity index is 629. The highest BCUT2D eigenvalue weighted by Crippen LogP contribution is 2.35. The average molecular weight is 388 g/mol. The lowest BCUT2D eigenvalue weighted by Gasteiger charge is -2.26. The van der Waals surface area contributed by atoms with Crippen LogP contribution in [0.5, 0.6) is 0 Å². The summed E-state index contributed by atoms with van der Waals surface area (Å²) in [6, 6.07) is 1.06. The van der Waals surface area contributed by atoms with E-state index < -0.39 is 20.7 Å². The van der Waals surface area contributed by atoms with E-state index >= 15 is 0 Å². The number of anilines is 1. The van der Waals surface area contributed by atoms with Gasteiger partial charge < -0.3 is 5.73 Å². The Kier molecular flexibility index (Phi) is 5.12. The number of nitrogens with zero attached hydrogens (tertiary/aromatic N) is 1. The fraction of sp³-hybridized carbons (Fsp3) is 0.500. The van der Waals surface area contributed by atoms with Gasteiger partial charge in [-0.2, -0.15) is 0 Å². The molecule has 2 N–H and O–H groups in total. The van der Waals surface area contributed by atoms with Crippen LogP contribution in [0, 0.1) is 11.2 Å². The van der Waals surface area contributed by atoms with Crippen molar-refractivity contribution in [2.24, 2.45) is 5.41 Å². The summed E-state index contributed by atoms with van der Waals surface area (Å²) in [5.41, 5.74) is 4.94. The van der Waals surface area contributed by atoms with E-state index in [1.807, 2.05) is 20.8 Å². The molecule has 1 aromatic rings. The molecule has 0 saturated heterocycles. The Morgan fingerprint density at radius 1 is 1.45 bits per heavy atom. The van der Waals surface area contributed by atoms with E-state index in [9.17, 15) is 12.8 Å². The molecular formula is C12H17BrClFN2O2S. The van der Waals surface area contributed by atoms with Gasteiger partial charge >= 0.3 is 0 Å². The number of halogens is 3. The van der Waals surface area contributed by atoms with Gasteiger partial charge in [0.15, 0.2) is 5.82 Å². The van der Waals surface area contributed by atoms with E-state index in [2.05, 4.69) is 15.9 Å². The molecule has 8 heteroatoms. The van der Waals surface area contributed by atoms with Crippen LogP contribution in [0.3, 0.4) is 0 Å². The quantitative estimate of drug-likeness (QED) is 0.638. The Morgan fingerprint density at radius 2 is 1.95 bits per heavy atom. The fourth-order valence-electron chi connectivity index (χ4n) is 1.71. The summed E-state index contributed by atoms with van der Waals surface area (Å²) in [4.78, 5) is -0.519. The van der Waals surface area contributed by atoms with Crippen LogP contribution >= 0.6 is 27.5 Å². The topological polar surface area (TPSA) is 63.4 Å². The van der Waals surface area contributed by atoms with Gasteiger partial charge in [-0.15, -0.1) is 0 Å². The predicted molar refractivity (Wildman–Crippen MR) is 82.8 cm³/mol. The minimum Gasteiger partial charge on any atom is -0.395 e. The molecule has 0 spiro atoms. The van der Waals surface area contributed by atoms with Crippen molar-refractivity contribution in [1.82, 2.24) is 4.31 Å². The molecule has 0 bridgehead atoms. The zero-order valence-corrected chi connectivity index (χ0v) is 14.8. The van der Waals surface area contributed by atoms with Crippen LogP contribution in [-0.4, -0.2) is 26.3 Å². The monoisotopic (exact) mass is 386 g/mol. The molecule has 0 radical (unpaired) electrons. The van der Waals surface area contributed by atoms with Crippen molar-refractivity contribution in [3.8, 4) is 0 Å². The van der Waals surface area contributed by atoms with Crippen molar-refractivity contribution in [2.45, 2.75) is 25.7 Å². The molecule has 0 aromatic heterocycles. The molecule has 1 aromatic carbocycles. The van der Waals surface area contributed by atoms with Gasteiger partial charge in [-0.3, -0.25) is 0 Å². The lowest BCUT2D eigenvalue weighted by atomic mass is 9.97. The van der Waals surface area contributed by atoms with Gasteiger partial charge in [0, 0.05) is 13.6 Å². The smallest absolute Gasteiger partial charge is 0.245 e. The van der Waals surface area contributed by atoms with Crippen LogP contribution in [0.4, 0.5) is 10.1 Å². The number of nitrogens with two attached hydrogens (primary N) is 1. The van der Waals surface area contributed by atoms with Crippen molar-refractivity contribution in [3.63, 3.8) is 0 Å². The number of nitrogen functional groups attached to an aromatic ring is 1. The summed E-state index contributed by atoms with van der Waals surface area (Å²) in [5, 5.41) is 0.0478. The molecule has 0 unspecified atom stereocenters. The maximum absolute atomic E-state index is 14.1. The average Bonchev–Trinajstić information content (AvgIpc) is 2.28. The SMILES string of the molecule is CN(CC(C)(C)C)S(=O)(=O)c1cc(Cl)c(Br)c(N)c1F. The number of hydrogen-bond donors (Lipinski definition) is 1. The van der Waals surface area contributed by atoms with Crippen molar-refractivity contribution in [1.29, 1.82) is 0 Å². The standard InChI is InChI=1S/C12H17BrClFN2O2S/c1-12(2,3)6-17(4)20(18,19)8-5-7(14)9(13)11(16)10(8)15/h5H,6,16H2,1-4H3. The summed E-state index contributed by atoms with van der Waals surface area (Å²) in [6.45, 7) is 5.90. The summed E-state index contributed by atoms with van der Waals surface area (Å²) in [7, 11) is -2.60. The number of sulfonamides is 1. The molecular weight excluding hydrogens is 371 g/mol. The van der Waals surface area contributed by atoms with E-state index in [1.54, 1.807) is 0 Å². The molecule has 0 atom stereocenters. The first kappa shape index (κ1) is 17.7. The van der Waals surface area contributed by atoms with E-state index in [0.717, 1.165) is 10.4 Å². The van der Waals surface area contributed by atoms with Crippen LogP contribution < -0.4 is 5.73 Å². The zero-order valence-electron chi connectivity index (χ0n) is 11.7. The second-order valence-electron chi connectivity index (χ2n) is 5.72. The Morgan fingerprint density at radius 3 is 2.40 bits per heavy atom. The van der Waals surface area contributed by atoms with Crippen LogP contribution in [0.2, 0.25) is 5.02 Å². The van der Waals surface area contributed by atoms with Crippen molar-refractivity contribution < 1.29 is 12.8 Å². The van der Waals surface area contributed by atoms with Gasteiger partial charge in [-0.1, -0.05) is 32.4 Å². The molecule has 0 saturated carbocycles.